The highest BCUT2D eigenvalue weighted by molar-refractivity contribution is 7.10. The number of rotatable bonds is 7. The summed E-state index contributed by atoms with van der Waals surface area (Å²) in [5.74, 6) is -1.13. The van der Waals surface area contributed by atoms with Crippen molar-refractivity contribution in [3.05, 3.63) is 22.4 Å². The molecule has 2 unspecified atom stereocenters. The molecule has 0 aromatic carbocycles. The number of methoxy groups -OCH3 is 1. The Bertz CT molecular complexity index is 437. The number of carbonyl (C=O) groups excluding carboxylic acids is 1. The van der Waals surface area contributed by atoms with Crippen molar-refractivity contribution >= 4 is 23.3 Å². The molecule has 0 radical (unpaired) electrons. The van der Waals surface area contributed by atoms with Crippen LogP contribution in [0.2, 0.25) is 0 Å². The molecule has 0 aliphatic heterocycles. The van der Waals surface area contributed by atoms with Gasteiger partial charge in [0.05, 0.1) is 19.3 Å². The standard InChI is InChI=1S/C12H18N2O5S/c1-14(6-8(15)7-19-2)12(18)13-10(11(16)17)9-4-3-5-20-9/h3-5,8,10,15H,6-7H2,1-2H3,(H,13,18)(H,16,17). The Morgan fingerprint density at radius 2 is 2.25 bits per heavy atom. The maximum atomic E-state index is 11.9. The number of carbonyl (C=O) groups is 2. The number of nitrogens with one attached hydrogen (secondary N) is 1. The Labute approximate surface area is 120 Å². The van der Waals surface area contributed by atoms with Crippen LogP contribution in [0.15, 0.2) is 17.5 Å². The van der Waals surface area contributed by atoms with Crippen LogP contribution in [0.1, 0.15) is 10.9 Å². The van der Waals surface area contributed by atoms with E-state index in [-0.39, 0.29) is 13.2 Å². The summed E-state index contributed by atoms with van der Waals surface area (Å²) in [5, 5.41) is 22.8. The molecule has 112 valence electrons. The van der Waals surface area contributed by atoms with Crippen molar-refractivity contribution < 1.29 is 24.5 Å². The third-order valence-corrected chi connectivity index (χ3v) is 3.47. The zero-order valence-electron chi connectivity index (χ0n) is 11.3. The second kappa shape index (κ2) is 7.83. The molecule has 3 N–H and O–H groups in total. The number of aliphatic hydroxyl groups is 1. The number of aliphatic carboxylic acids is 1. The molecule has 0 saturated carbocycles. The first kappa shape index (κ1) is 16.4. The highest BCUT2D eigenvalue weighted by Gasteiger charge is 2.25. The van der Waals surface area contributed by atoms with Crippen molar-refractivity contribution in [1.82, 2.24) is 10.2 Å². The topological polar surface area (TPSA) is 99.1 Å². The maximum absolute atomic E-state index is 11.9. The largest absolute Gasteiger partial charge is 0.479 e. The van der Waals surface area contributed by atoms with E-state index in [9.17, 15) is 14.7 Å². The molecule has 7 nitrogen and oxygen atoms in total. The van der Waals surface area contributed by atoms with Gasteiger partial charge in [0.25, 0.3) is 0 Å². The van der Waals surface area contributed by atoms with E-state index < -0.39 is 24.1 Å². The molecule has 20 heavy (non-hydrogen) atoms. The lowest BCUT2D eigenvalue weighted by atomic mass is 10.2. The fraction of sp³-hybridized carbons (Fsp3) is 0.500. The number of ether oxygens (including phenoxy) is 1. The van der Waals surface area contributed by atoms with Gasteiger partial charge in [-0.25, -0.2) is 9.59 Å². The van der Waals surface area contributed by atoms with Crippen LogP contribution in [0.4, 0.5) is 4.79 Å². The normalized spacial score (nSPS) is 13.6. The zero-order valence-corrected chi connectivity index (χ0v) is 12.1. The number of thiophene rings is 1. The summed E-state index contributed by atoms with van der Waals surface area (Å²) in [6.07, 6.45) is -0.819. The van der Waals surface area contributed by atoms with E-state index in [1.54, 1.807) is 17.5 Å². The van der Waals surface area contributed by atoms with Crippen molar-refractivity contribution in [3.63, 3.8) is 0 Å². The number of likely N-dealkylation sites (N-methyl/N-ethyl adjacent to an activating group) is 1. The van der Waals surface area contributed by atoms with Crippen LogP contribution in [0.5, 0.6) is 0 Å². The molecular weight excluding hydrogens is 284 g/mol. The lowest BCUT2D eigenvalue weighted by Crippen LogP contribution is -2.45. The highest BCUT2D eigenvalue weighted by Crippen LogP contribution is 2.19. The van der Waals surface area contributed by atoms with Crippen molar-refractivity contribution in [2.24, 2.45) is 0 Å². The third kappa shape index (κ3) is 4.80. The van der Waals surface area contributed by atoms with Gasteiger partial charge in [-0.05, 0) is 11.4 Å². The molecule has 2 atom stereocenters. The molecule has 1 aromatic rings. The van der Waals surface area contributed by atoms with Crippen LogP contribution < -0.4 is 5.32 Å². The molecule has 1 heterocycles. The quantitative estimate of drug-likeness (QED) is 0.682. The summed E-state index contributed by atoms with van der Waals surface area (Å²) in [4.78, 5) is 24.8. The summed E-state index contributed by atoms with van der Waals surface area (Å²) in [5.41, 5.74) is 0. The lowest BCUT2D eigenvalue weighted by Gasteiger charge is -2.23. The van der Waals surface area contributed by atoms with Crippen LogP contribution in [-0.2, 0) is 9.53 Å². The molecule has 1 rings (SSSR count). The lowest BCUT2D eigenvalue weighted by molar-refractivity contribution is -0.139. The highest BCUT2D eigenvalue weighted by atomic mass is 32.1. The second-order valence-electron chi connectivity index (χ2n) is 4.23. The Balaban J connectivity index is 2.60. The summed E-state index contributed by atoms with van der Waals surface area (Å²) in [6.45, 7) is 0.154. The number of carboxylic acids is 1. The van der Waals surface area contributed by atoms with Gasteiger partial charge in [0.2, 0.25) is 0 Å². The Hall–Kier alpha value is -1.64. The van der Waals surface area contributed by atoms with E-state index in [0.29, 0.717) is 4.88 Å². The van der Waals surface area contributed by atoms with Crippen LogP contribution in [0.25, 0.3) is 0 Å². The molecule has 0 spiro atoms. The van der Waals surface area contributed by atoms with Gasteiger partial charge in [-0.3, -0.25) is 0 Å². The number of carboxylic acid groups (broad SMARTS) is 1. The van der Waals surface area contributed by atoms with Gasteiger partial charge < -0.3 is 25.2 Å². The molecule has 8 heteroatoms. The Morgan fingerprint density at radius 1 is 1.55 bits per heavy atom. The van der Waals surface area contributed by atoms with Gasteiger partial charge in [-0.15, -0.1) is 11.3 Å². The fourth-order valence-electron chi connectivity index (χ4n) is 1.59. The zero-order chi connectivity index (χ0) is 15.1. The molecule has 0 bridgehead atoms. The Morgan fingerprint density at radius 3 is 2.75 bits per heavy atom. The van der Waals surface area contributed by atoms with Crippen molar-refractivity contribution in [2.75, 3.05) is 27.3 Å². The summed E-state index contributed by atoms with van der Waals surface area (Å²) < 4.78 is 4.76. The Kier molecular flexibility index (Phi) is 6.43. The smallest absolute Gasteiger partial charge is 0.331 e. The SMILES string of the molecule is COCC(O)CN(C)C(=O)NC(C(=O)O)c1cccs1. The van der Waals surface area contributed by atoms with E-state index in [2.05, 4.69) is 5.32 Å². The maximum Gasteiger partial charge on any atom is 0.331 e. The van der Waals surface area contributed by atoms with E-state index in [0.717, 1.165) is 0 Å². The summed E-state index contributed by atoms with van der Waals surface area (Å²) in [6, 6.07) is 1.70. The van der Waals surface area contributed by atoms with Crippen LogP contribution in [-0.4, -0.2) is 60.5 Å². The first-order valence-electron chi connectivity index (χ1n) is 5.90. The average Bonchev–Trinajstić information content (AvgIpc) is 2.88. The molecule has 0 fully saturated rings. The summed E-state index contributed by atoms with van der Waals surface area (Å²) in [7, 11) is 2.92. The number of amides is 2. The van der Waals surface area contributed by atoms with Gasteiger partial charge in [-0.2, -0.15) is 0 Å². The van der Waals surface area contributed by atoms with E-state index in [4.69, 9.17) is 9.84 Å². The van der Waals surface area contributed by atoms with Gasteiger partial charge in [0.1, 0.15) is 0 Å². The number of urea groups is 1. The van der Waals surface area contributed by atoms with Crippen molar-refractivity contribution in [2.45, 2.75) is 12.1 Å². The molecule has 0 aliphatic carbocycles. The van der Waals surface area contributed by atoms with Crippen molar-refractivity contribution in [3.8, 4) is 0 Å². The number of nitrogens with zero attached hydrogens (tertiary/aromatic N) is 1. The van der Waals surface area contributed by atoms with Crippen LogP contribution in [0, 0.1) is 0 Å². The predicted molar refractivity (Wildman–Crippen MR) is 73.7 cm³/mol. The minimum absolute atomic E-state index is 0.0520. The molecular formula is C12H18N2O5S. The molecule has 1 aromatic heterocycles. The van der Waals surface area contributed by atoms with Gasteiger partial charge in [-0.1, -0.05) is 6.07 Å². The van der Waals surface area contributed by atoms with Gasteiger partial charge >= 0.3 is 12.0 Å². The predicted octanol–water partition coefficient (Wildman–Crippen LogP) is 0.523. The number of hydrogen-bond acceptors (Lipinski definition) is 5. The summed E-state index contributed by atoms with van der Waals surface area (Å²) >= 11 is 1.25. The molecule has 0 aliphatic rings. The molecule has 2 amide bonds. The first-order valence-corrected chi connectivity index (χ1v) is 6.78. The average molecular weight is 302 g/mol. The number of hydrogen-bond donors (Lipinski definition) is 3. The number of aliphatic hydroxyl groups excluding tert-OH is 1. The fourth-order valence-corrected chi connectivity index (χ4v) is 2.36. The van der Waals surface area contributed by atoms with E-state index in [1.807, 2.05) is 0 Å². The van der Waals surface area contributed by atoms with Gasteiger partial charge in [0, 0.05) is 19.0 Å². The third-order valence-electron chi connectivity index (χ3n) is 2.53. The van der Waals surface area contributed by atoms with Gasteiger partial charge in [0.15, 0.2) is 6.04 Å². The second-order valence-corrected chi connectivity index (χ2v) is 5.21. The van der Waals surface area contributed by atoms with E-state index in [1.165, 1.54) is 30.4 Å². The van der Waals surface area contributed by atoms with E-state index >= 15 is 0 Å². The van der Waals surface area contributed by atoms with Crippen LogP contribution in [0.3, 0.4) is 0 Å². The van der Waals surface area contributed by atoms with Crippen LogP contribution >= 0.6 is 11.3 Å². The minimum atomic E-state index is -1.13. The minimum Gasteiger partial charge on any atom is -0.479 e. The monoisotopic (exact) mass is 302 g/mol. The first-order chi connectivity index (χ1) is 9.45. The molecule has 0 saturated heterocycles. The van der Waals surface area contributed by atoms with Crippen molar-refractivity contribution in [1.29, 1.82) is 0 Å².